The molecule has 2 unspecified atom stereocenters. The Morgan fingerprint density at radius 3 is 1.67 bits per heavy atom. The third-order valence-electron chi connectivity index (χ3n) is 0.337. The standard InChI is InChI=1S/C2H7O3P.Ag.H3O4P/c1-2-5-6(3)4;;1-4-5(2)3/h6H,2H2,1H3,(H,3,4);;1,5H,(H,2,3)/q;+2;/p-2. The third-order valence-corrected chi connectivity index (χ3v) is 1.01. The molecule has 7 nitrogen and oxygen atoms in total. The Hall–Kier alpha value is 1.00. The summed E-state index contributed by atoms with van der Waals surface area (Å²) in [4.78, 5) is 18.4. The molecule has 0 aromatic heterocycles. The Labute approximate surface area is 86.0 Å². The normalized spacial score (nSPS) is 13.3. The van der Waals surface area contributed by atoms with Gasteiger partial charge in [0.2, 0.25) is 0 Å². The van der Waals surface area contributed by atoms with Crippen LogP contribution in [-0.2, 0) is 40.7 Å². The average Bonchev–Trinajstić information content (AvgIpc) is 1.89. The molecule has 0 saturated carbocycles. The van der Waals surface area contributed by atoms with Gasteiger partial charge in [-0.25, -0.2) is 5.26 Å². The fourth-order valence-corrected chi connectivity index (χ4v) is 0.354. The quantitative estimate of drug-likeness (QED) is 0.307. The van der Waals surface area contributed by atoms with Crippen molar-refractivity contribution in [1.82, 2.24) is 0 Å². The molecule has 0 amide bonds. The van der Waals surface area contributed by atoms with E-state index in [9.17, 15) is 9.46 Å². The number of hydrogen-bond acceptors (Lipinski definition) is 7. The van der Waals surface area contributed by atoms with Crippen molar-refractivity contribution < 1.29 is 55.8 Å². The predicted molar refractivity (Wildman–Crippen MR) is 33.3 cm³/mol. The van der Waals surface area contributed by atoms with Crippen LogP contribution in [0.4, 0.5) is 0 Å². The van der Waals surface area contributed by atoms with Crippen LogP contribution >= 0.6 is 16.5 Å². The Bertz CT molecular complexity index is 129. The second-order valence-corrected chi connectivity index (χ2v) is 2.50. The molecule has 0 bridgehead atoms. The molecule has 1 radical (unpaired) electrons. The molecule has 0 saturated heterocycles. The molecule has 0 aromatic rings. The summed E-state index contributed by atoms with van der Waals surface area (Å²) in [6.07, 6.45) is 0. The van der Waals surface area contributed by atoms with Crippen LogP contribution in [0.15, 0.2) is 0 Å². The van der Waals surface area contributed by atoms with Gasteiger partial charge in [0.05, 0.1) is 0 Å². The van der Waals surface area contributed by atoms with Gasteiger partial charge in [-0.1, -0.05) is 0 Å². The maximum Gasteiger partial charge on any atom is 2.00 e. The van der Waals surface area contributed by atoms with E-state index in [0.717, 1.165) is 0 Å². The van der Waals surface area contributed by atoms with Crippen molar-refractivity contribution in [1.29, 1.82) is 0 Å². The van der Waals surface area contributed by atoms with Gasteiger partial charge >= 0.3 is 22.4 Å². The molecule has 0 aromatic carbocycles. The van der Waals surface area contributed by atoms with Crippen LogP contribution in [-0.4, -0.2) is 11.9 Å². The molecular formula is C2H8AgO7P2. The minimum absolute atomic E-state index is 0. The Morgan fingerprint density at radius 1 is 1.33 bits per heavy atom. The summed E-state index contributed by atoms with van der Waals surface area (Å²) in [5, 5.41) is 7.06. The minimum atomic E-state index is -3.32. The first-order chi connectivity index (χ1) is 5.04. The summed E-state index contributed by atoms with van der Waals surface area (Å²) in [5.41, 5.74) is 0. The summed E-state index contributed by atoms with van der Waals surface area (Å²) in [7, 11) is -6.20. The third kappa shape index (κ3) is 30.6. The van der Waals surface area contributed by atoms with Crippen LogP contribution in [0.2, 0.25) is 0 Å². The monoisotopic (exact) mass is 313 g/mol. The smallest absolute Gasteiger partial charge is 0.781 e. The zero-order valence-electron chi connectivity index (χ0n) is 5.91. The summed E-state index contributed by atoms with van der Waals surface area (Å²) >= 11 is 0. The first-order valence-electron chi connectivity index (χ1n) is 2.40. The first-order valence-corrected chi connectivity index (χ1v) is 4.85. The Kier molecular flexibility index (Phi) is 22.7. The molecule has 0 rings (SSSR count). The molecular weight excluding hydrogens is 306 g/mol. The zero-order valence-corrected chi connectivity index (χ0v) is 9.39. The molecule has 0 fully saturated rings. The van der Waals surface area contributed by atoms with Gasteiger partial charge in [0, 0.05) is 6.61 Å². The first kappa shape index (κ1) is 18.7. The molecule has 0 spiro atoms. The van der Waals surface area contributed by atoms with E-state index < -0.39 is 16.5 Å². The van der Waals surface area contributed by atoms with Crippen LogP contribution in [0, 0.1) is 0 Å². The minimum Gasteiger partial charge on any atom is -0.781 e. The van der Waals surface area contributed by atoms with Crippen molar-refractivity contribution >= 4 is 16.5 Å². The molecule has 0 heterocycles. The van der Waals surface area contributed by atoms with Gasteiger partial charge in [0.1, 0.15) is 8.25 Å². The predicted octanol–water partition coefficient (Wildman–Crippen LogP) is -1.00. The molecule has 2 atom stereocenters. The molecule has 0 aliphatic rings. The van der Waals surface area contributed by atoms with Gasteiger partial charge in [-0.05, 0) is 6.92 Å². The van der Waals surface area contributed by atoms with Gasteiger partial charge < -0.3 is 23.4 Å². The van der Waals surface area contributed by atoms with E-state index in [4.69, 9.17) is 14.7 Å². The molecule has 12 heavy (non-hydrogen) atoms. The molecule has 1 N–H and O–H groups in total. The van der Waals surface area contributed by atoms with E-state index in [0.29, 0.717) is 0 Å². The van der Waals surface area contributed by atoms with Crippen molar-refractivity contribution in [2.75, 3.05) is 6.61 Å². The zero-order chi connectivity index (χ0) is 9.28. The largest absolute Gasteiger partial charge is 2.00 e. The average molecular weight is 314 g/mol. The maximum absolute atomic E-state index is 9.45. The van der Waals surface area contributed by atoms with Crippen molar-refractivity contribution in [3.8, 4) is 0 Å². The van der Waals surface area contributed by atoms with Gasteiger partial charge in [0.25, 0.3) is 0 Å². The van der Waals surface area contributed by atoms with E-state index in [1.54, 1.807) is 6.92 Å². The maximum atomic E-state index is 9.45. The second-order valence-electron chi connectivity index (χ2n) is 1.02. The van der Waals surface area contributed by atoms with E-state index in [-0.39, 0.29) is 29.0 Å². The van der Waals surface area contributed by atoms with Crippen LogP contribution in [0.5, 0.6) is 0 Å². The topological polar surface area (TPSA) is 119 Å². The summed E-state index contributed by atoms with van der Waals surface area (Å²) in [5.74, 6) is 0. The summed E-state index contributed by atoms with van der Waals surface area (Å²) in [6, 6.07) is 0. The fraction of sp³-hybridized carbons (Fsp3) is 1.00. The van der Waals surface area contributed by atoms with Gasteiger partial charge in [0.15, 0.2) is 8.25 Å². The van der Waals surface area contributed by atoms with Crippen molar-refractivity contribution in [3.05, 3.63) is 0 Å². The SMILES string of the molecule is CCO[PH](=O)[O-].O=[PH]([O-])OO.[Ag+2]. The number of hydrogen-bond donors (Lipinski definition) is 1. The molecule has 0 aliphatic heterocycles. The van der Waals surface area contributed by atoms with Crippen molar-refractivity contribution in [3.63, 3.8) is 0 Å². The van der Waals surface area contributed by atoms with Crippen LogP contribution in [0.3, 0.4) is 0 Å². The fourth-order valence-electron chi connectivity index (χ4n) is 0.118. The Morgan fingerprint density at radius 2 is 1.67 bits per heavy atom. The van der Waals surface area contributed by atoms with Gasteiger partial charge in [-0.15, -0.1) is 0 Å². The van der Waals surface area contributed by atoms with Crippen molar-refractivity contribution in [2.24, 2.45) is 0 Å². The Balaban J connectivity index is -0.000000126. The van der Waals surface area contributed by atoms with E-state index in [2.05, 4.69) is 9.20 Å². The van der Waals surface area contributed by atoms with Gasteiger partial charge in [-0.3, -0.25) is 0 Å². The van der Waals surface area contributed by atoms with Crippen LogP contribution < -0.4 is 9.79 Å². The summed E-state index contributed by atoms with van der Waals surface area (Å²) in [6.45, 7) is 1.88. The second kappa shape index (κ2) is 14.5. The molecule has 10 heteroatoms. The van der Waals surface area contributed by atoms with Crippen LogP contribution in [0.25, 0.3) is 0 Å². The van der Waals surface area contributed by atoms with Crippen LogP contribution in [0.1, 0.15) is 6.92 Å². The van der Waals surface area contributed by atoms with E-state index in [1.807, 2.05) is 0 Å². The molecule has 0 aliphatic carbocycles. The van der Waals surface area contributed by atoms with E-state index >= 15 is 0 Å². The summed E-state index contributed by atoms with van der Waals surface area (Å²) < 4.78 is 25.2. The molecule has 79 valence electrons. The van der Waals surface area contributed by atoms with Gasteiger partial charge in [-0.2, -0.15) is 4.67 Å². The van der Waals surface area contributed by atoms with E-state index in [1.165, 1.54) is 0 Å². The van der Waals surface area contributed by atoms with Crippen molar-refractivity contribution in [2.45, 2.75) is 6.92 Å². The number of rotatable bonds is 3.